The first-order valence-electron chi connectivity index (χ1n) is 9.00. The molecule has 1 amide bonds. The number of benzene rings is 2. The van der Waals surface area contributed by atoms with Gasteiger partial charge in [-0.25, -0.2) is 4.98 Å². The van der Waals surface area contributed by atoms with Crippen LogP contribution in [0.2, 0.25) is 0 Å². The molecule has 0 atom stereocenters. The molecule has 0 aliphatic carbocycles. The van der Waals surface area contributed by atoms with Gasteiger partial charge in [-0.05, 0) is 41.8 Å². The molecule has 0 unspecified atom stereocenters. The maximum atomic E-state index is 11.7. The molecule has 3 heterocycles. The van der Waals surface area contributed by atoms with Gasteiger partial charge in [0.15, 0.2) is 0 Å². The van der Waals surface area contributed by atoms with E-state index in [4.69, 9.17) is 0 Å². The standard InChI is InChI=1S/C21H18N6O/c1-27(14-6-5-13-7-9-22-18(13)11-14)19-8-10-23-21(26-19)25-17-4-2-3-16-15(17)12-20(28)24-16/h2-11,22H,12H2,1H3,(H,24,28)(H,23,25,26). The summed E-state index contributed by atoms with van der Waals surface area (Å²) in [5.74, 6) is 1.25. The number of carbonyl (C=O) groups is 1. The topological polar surface area (TPSA) is 85.9 Å². The molecule has 0 spiro atoms. The van der Waals surface area contributed by atoms with Gasteiger partial charge in [-0.1, -0.05) is 12.1 Å². The fraction of sp³-hybridized carbons (Fsp3) is 0.0952. The predicted octanol–water partition coefficient (Wildman–Crippen LogP) is 3.96. The van der Waals surface area contributed by atoms with Crippen molar-refractivity contribution in [1.82, 2.24) is 15.0 Å². The van der Waals surface area contributed by atoms with Crippen molar-refractivity contribution in [3.8, 4) is 0 Å². The summed E-state index contributed by atoms with van der Waals surface area (Å²) in [6.45, 7) is 0. The Balaban J connectivity index is 1.44. The SMILES string of the molecule is CN(c1ccc2cc[nH]c2c1)c1ccnc(Nc2cccc3c2CC(=O)N3)n1. The number of rotatable bonds is 4. The highest BCUT2D eigenvalue weighted by atomic mass is 16.1. The monoisotopic (exact) mass is 370 g/mol. The zero-order valence-corrected chi connectivity index (χ0v) is 15.2. The second-order valence-electron chi connectivity index (χ2n) is 6.73. The Labute approximate surface area is 161 Å². The lowest BCUT2D eigenvalue weighted by Gasteiger charge is -2.19. The fourth-order valence-electron chi connectivity index (χ4n) is 3.46. The number of nitrogens with one attached hydrogen (secondary N) is 3. The van der Waals surface area contributed by atoms with Crippen molar-refractivity contribution in [1.29, 1.82) is 0 Å². The number of hydrogen-bond acceptors (Lipinski definition) is 5. The number of H-pyrrole nitrogens is 1. The minimum Gasteiger partial charge on any atom is -0.361 e. The maximum absolute atomic E-state index is 11.7. The number of aromatic nitrogens is 3. The number of nitrogens with zero attached hydrogens (tertiary/aromatic N) is 3. The van der Waals surface area contributed by atoms with Gasteiger partial charge in [0.25, 0.3) is 0 Å². The van der Waals surface area contributed by atoms with Crippen LogP contribution in [-0.2, 0) is 11.2 Å². The molecule has 7 nitrogen and oxygen atoms in total. The molecule has 5 rings (SSSR count). The number of aromatic amines is 1. The summed E-state index contributed by atoms with van der Waals surface area (Å²) < 4.78 is 0. The molecular weight excluding hydrogens is 352 g/mol. The Morgan fingerprint density at radius 2 is 2.07 bits per heavy atom. The van der Waals surface area contributed by atoms with Crippen LogP contribution in [0.3, 0.4) is 0 Å². The fourth-order valence-corrected chi connectivity index (χ4v) is 3.46. The Morgan fingerprint density at radius 3 is 3.00 bits per heavy atom. The molecule has 7 heteroatoms. The highest BCUT2D eigenvalue weighted by Gasteiger charge is 2.21. The third-order valence-electron chi connectivity index (χ3n) is 4.94. The second-order valence-corrected chi connectivity index (χ2v) is 6.73. The third kappa shape index (κ3) is 2.83. The first-order chi connectivity index (χ1) is 13.7. The molecule has 3 N–H and O–H groups in total. The van der Waals surface area contributed by atoms with E-state index in [2.05, 4.69) is 43.8 Å². The van der Waals surface area contributed by atoms with Crippen molar-refractivity contribution < 1.29 is 4.79 Å². The number of carbonyl (C=O) groups excluding carboxylic acids is 1. The van der Waals surface area contributed by atoms with Gasteiger partial charge in [0, 0.05) is 47.6 Å². The molecular formula is C21H18N6O. The minimum absolute atomic E-state index is 0.00152. The lowest BCUT2D eigenvalue weighted by molar-refractivity contribution is -0.115. The van der Waals surface area contributed by atoms with Crippen LogP contribution in [-0.4, -0.2) is 27.9 Å². The van der Waals surface area contributed by atoms with E-state index in [0.29, 0.717) is 12.4 Å². The first-order valence-corrected chi connectivity index (χ1v) is 9.00. The largest absolute Gasteiger partial charge is 0.361 e. The second kappa shape index (κ2) is 6.38. The van der Waals surface area contributed by atoms with Crippen molar-refractivity contribution in [3.05, 3.63) is 66.5 Å². The highest BCUT2D eigenvalue weighted by molar-refractivity contribution is 6.01. The summed E-state index contributed by atoms with van der Waals surface area (Å²) in [5.41, 5.74) is 4.71. The molecule has 28 heavy (non-hydrogen) atoms. The van der Waals surface area contributed by atoms with Gasteiger partial charge in [-0.2, -0.15) is 4.98 Å². The van der Waals surface area contributed by atoms with Gasteiger partial charge in [0.2, 0.25) is 11.9 Å². The molecule has 1 aliphatic rings. The van der Waals surface area contributed by atoms with Gasteiger partial charge < -0.3 is 20.5 Å². The van der Waals surface area contributed by atoms with Gasteiger partial charge in [-0.3, -0.25) is 4.79 Å². The van der Waals surface area contributed by atoms with E-state index in [9.17, 15) is 4.79 Å². The van der Waals surface area contributed by atoms with Crippen LogP contribution in [0.5, 0.6) is 0 Å². The molecule has 2 aromatic heterocycles. The molecule has 0 radical (unpaired) electrons. The summed E-state index contributed by atoms with van der Waals surface area (Å²) in [5, 5.41) is 7.28. The predicted molar refractivity (Wildman–Crippen MR) is 110 cm³/mol. The highest BCUT2D eigenvalue weighted by Crippen LogP contribution is 2.32. The Kier molecular flexibility index (Phi) is 3.72. The lowest BCUT2D eigenvalue weighted by atomic mass is 10.1. The summed E-state index contributed by atoms with van der Waals surface area (Å²) >= 11 is 0. The minimum atomic E-state index is -0.00152. The first kappa shape index (κ1) is 16.3. The number of fused-ring (bicyclic) bond motifs is 2. The van der Waals surface area contributed by atoms with Crippen molar-refractivity contribution in [2.75, 3.05) is 22.6 Å². The van der Waals surface area contributed by atoms with Gasteiger partial charge >= 0.3 is 0 Å². The Morgan fingerprint density at radius 1 is 1.14 bits per heavy atom. The van der Waals surface area contributed by atoms with Crippen molar-refractivity contribution in [3.63, 3.8) is 0 Å². The average molecular weight is 370 g/mol. The molecule has 0 fully saturated rings. The smallest absolute Gasteiger partial charge is 0.229 e. The quantitative estimate of drug-likeness (QED) is 0.506. The van der Waals surface area contributed by atoms with Gasteiger partial charge in [0.05, 0.1) is 6.42 Å². The zero-order valence-electron chi connectivity index (χ0n) is 15.2. The molecule has 0 saturated carbocycles. The molecule has 0 bridgehead atoms. The van der Waals surface area contributed by atoms with E-state index < -0.39 is 0 Å². The van der Waals surface area contributed by atoms with E-state index in [-0.39, 0.29) is 5.91 Å². The van der Waals surface area contributed by atoms with Gasteiger partial charge in [-0.15, -0.1) is 0 Å². The molecule has 4 aromatic rings. The molecule has 138 valence electrons. The number of amides is 1. The number of anilines is 5. The van der Waals surface area contributed by atoms with E-state index in [0.717, 1.165) is 34.0 Å². The molecule has 0 saturated heterocycles. The van der Waals surface area contributed by atoms with Crippen molar-refractivity contribution in [2.24, 2.45) is 0 Å². The summed E-state index contributed by atoms with van der Waals surface area (Å²) in [7, 11) is 1.97. The van der Waals surface area contributed by atoms with Crippen LogP contribution in [0.15, 0.2) is 60.9 Å². The molecule has 1 aliphatic heterocycles. The van der Waals surface area contributed by atoms with Crippen LogP contribution in [0.4, 0.5) is 28.8 Å². The molecule has 2 aromatic carbocycles. The maximum Gasteiger partial charge on any atom is 0.229 e. The van der Waals surface area contributed by atoms with E-state index in [1.165, 1.54) is 5.39 Å². The van der Waals surface area contributed by atoms with Crippen LogP contribution >= 0.6 is 0 Å². The van der Waals surface area contributed by atoms with Crippen LogP contribution in [0.25, 0.3) is 10.9 Å². The van der Waals surface area contributed by atoms with Crippen molar-refractivity contribution in [2.45, 2.75) is 6.42 Å². The third-order valence-corrected chi connectivity index (χ3v) is 4.94. The van der Waals surface area contributed by atoms with Crippen LogP contribution in [0.1, 0.15) is 5.56 Å². The van der Waals surface area contributed by atoms with Crippen LogP contribution < -0.4 is 15.5 Å². The normalized spacial score (nSPS) is 12.7. The Hall–Kier alpha value is -3.87. The van der Waals surface area contributed by atoms with Gasteiger partial charge in [0.1, 0.15) is 5.82 Å². The summed E-state index contributed by atoms with van der Waals surface area (Å²) in [6, 6.07) is 15.9. The summed E-state index contributed by atoms with van der Waals surface area (Å²) in [6.07, 6.45) is 4.01. The average Bonchev–Trinajstić information content (AvgIpc) is 3.33. The summed E-state index contributed by atoms with van der Waals surface area (Å²) in [4.78, 5) is 25.9. The number of hydrogen-bond donors (Lipinski definition) is 3. The van der Waals surface area contributed by atoms with E-state index >= 15 is 0 Å². The zero-order chi connectivity index (χ0) is 19.1. The van der Waals surface area contributed by atoms with E-state index in [1.807, 2.05) is 48.5 Å². The lowest BCUT2D eigenvalue weighted by Crippen LogP contribution is -2.12. The van der Waals surface area contributed by atoms with Crippen LogP contribution in [0, 0.1) is 0 Å². The van der Waals surface area contributed by atoms with Crippen molar-refractivity contribution >= 4 is 45.6 Å². The Bertz CT molecular complexity index is 1200. The van der Waals surface area contributed by atoms with E-state index in [1.54, 1.807) is 6.20 Å².